The van der Waals surface area contributed by atoms with Gasteiger partial charge in [0.05, 0.1) is 8.07 Å². The van der Waals surface area contributed by atoms with E-state index in [1.165, 1.54) is 12.1 Å². The van der Waals surface area contributed by atoms with E-state index in [9.17, 15) is 4.79 Å². The normalized spacial score (nSPS) is 12.9. The highest BCUT2D eigenvalue weighted by atomic mass is 28.3. The van der Waals surface area contributed by atoms with Crippen LogP contribution in [0.3, 0.4) is 0 Å². The zero-order valence-corrected chi connectivity index (χ0v) is 9.60. The number of rotatable bonds is 3. The van der Waals surface area contributed by atoms with Crippen LogP contribution in [0.2, 0.25) is 19.6 Å². The first kappa shape index (κ1) is 11.4. The Hall–Kier alpha value is -0.573. The second-order valence-electron chi connectivity index (χ2n) is 3.84. The number of allylic oxidation sites excluding steroid dienone is 1. The number of ether oxygens (including phenoxy) is 1. The summed E-state index contributed by atoms with van der Waals surface area (Å²) in [4.78, 5) is 10.6. The van der Waals surface area contributed by atoms with E-state index in [1.54, 1.807) is 0 Å². The van der Waals surface area contributed by atoms with Crippen molar-refractivity contribution in [2.75, 3.05) is 6.61 Å². The van der Waals surface area contributed by atoms with E-state index in [0.717, 1.165) is 0 Å². The molecule has 0 saturated heterocycles. The van der Waals surface area contributed by atoms with Gasteiger partial charge in [-0.15, -0.1) is 0 Å². The van der Waals surface area contributed by atoms with Gasteiger partial charge in [0.25, 0.3) is 0 Å². The van der Waals surface area contributed by atoms with Gasteiger partial charge in [-0.2, -0.15) is 0 Å². The zero-order chi connectivity index (χ0) is 9.78. The van der Waals surface area contributed by atoms with Crippen LogP contribution in [0.25, 0.3) is 0 Å². The summed E-state index contributed by atoms with van der Waals surface area (Å²) in [6, 6.07) is 0. The molecule has 0 spiro atoms. The molecule has 0 unspecified atom stereocenters. The molecule has 0 aliphatic carbocycles. The first-order valence-electron chi connectivity index (χ1n) is 4.17. The molecule has 0 bridgehead atoms. The molecule has 0 rings (SSSR count). The number of esters is 1. The Morgan fingerprint density at radius 1 is 1.42 bits per heavy atom. The Balaban J connectivity index is 4.13. The predicted molar refractivity (Wildman–Crippen MR) is 53.7 cm³/mol. The van der Waals surface area contributed by atoms with Gasteiger partial charge in [0.15, 0.2) is 0 Å². The molecule has 0 aliphatic rings. The smallest absolute Gasteiger partial charge is 0.302 e. The molecule has 70 valence electrons. The summed E-state index contributed by atoms with van der Waals surface area (Å²) < 4.78 is 4.95. The van der Waals surface area contributed by atoms with Crippen LogP contribution in [-0.4, -0.2) is 20.7 Å². The second kappa shape index (κ2) is 4.45. The molecule has 0 fully saturated rings. The van der Waals surface area contributed by atoms with Crippen molar-refractivity contribution in [2.24, 2.45) is 0 Å². The lowest BCUT2D eigenvalue weighted by Crippen LogP contribution is -2.27. The minimum absolute atomic E-state index is 0.201. The number of hydrogen-bond acceptors (Lipinski definition) is 2. The summed E-state index contributed by atoms with van der Waals surface area (Å²) in [5.74, 6) is -0.201. The Bertz CT molecular complexity index is 189. The highest BCUT2D eigenvalue weighted by Crippen LogP contribution is 2.14. The molecule has 3 heteroatoms. The lowest BCUT2D eigenvalue weighted by atomic mass is 10.5. The van der Waals surface area contributed by atoms with Crippen LogP contribution in [0.5, 0.6) is 0 Å². The average molecular weight is 186 g/mol. The SMILES string of the molecule is CC=C(COC(C)=O)[Si](C)(C)C. The van der Waals surface area contributed by atoms with E-state index in [1.807, 2.05) is 6.92 Å². The molecule has 0 radical (unpaired) electrons. The van der Waals surface area contributed by atoms with Crippen molar-refractivity contribution < 1.29 is 9.53 Å². The van der Waals surface area contributed by atoms with Gasteiger partial charge < -0.3 is 4.74 Å². The van der Waals surface area contributed by atoms with E-state index in [4.69, 9.17) is 4.74 Å². The summed E-state index contributed by atoms with van der Waals surface area (Å²) in [5, 5.41) is 1.29. The predicted octanol–water partition coefficient (Wildman–Crippen LogP) is 2.37. The molecule has 0 heterocycles. The van der Waals surface area contributed by atoms with Crippen LogP contribution in [0, 0.1) is 0 Å². The lowest BCUT2D eigenvalue weighted by molar-refractivity contribution is -0.139. The van der Waals surface area contributed by atoms with Gasteiger partial charge in [0.2, 0.25) is 0 Å². The fraction of sp³-hybridized carbons (Fsp3) is 0.667. The zero-order valence-electron chi connectivity index (χ0n) is 8.60. The molecular formula is C9H18O2Si. The van der Waals surface area contributed by atoms with Crippen LogP contribution in [0.4, 0.5) is 0 Å². The number of carbonyl (C=O) groups is 1. The largest absolute Gasteiger partial charge is 0.462 e. The number of carbonyl (C=O) groups excluding carboxylic acids is 1. The van der Waals surface area contributed by atoms with Crippen molar-refractivity contribution in [3.8, 4) is 0 Å². The molecule has 0 atom stereocenters. The molecule has 2 nitrogen and oxygen atoms in total. The molecular weight excluding hydrogens is 168 g/mol. The van der Waals surface area contributed by atoms with Crippen molar-refractivity contribution in [3.05, 3.63) is 11.3 Å². The second-order valence-corrected chi connectivity index (χ2v) is 8.99. The molecule has 12 heavy (non-hydrogen) atoms. The van der Waals surface area contributed by atoms with Crippen molar-refractivity contribution in [2.45, 2.75) is 33.5 Å². The van der Waals surface area contributed by atoms with E-state index in [0.29, 0.717) is 6.61 Å². The van der Waals surface area contributed by atoms with Crippen molar-refractivity contribution in [3.63, 3.8) is 0 Å². The minimum atomic E-state index is -1.27. The van der Waals surface area contributed by atoms with Crippen LogP contribution in [-0.2, 0) is 9.53 Å². The maximum absolute atomic E-state index is 10.6. The van der Waals surface area contributed by atoms with Crippen molar-refractivity contribution in [1.29, 1.82) is 0 Å². The van der Waals surface area contributed by atoms with Gasteiger partial charge in [-0.3, -0.25) is 4.79 Å². The number of hydrogen-bond donors (Lipinski definition) is 0. The van der Waals surface area contributed by atoms with Gasteiger partial charge in [-0.25, -0.2) is 0 Å². The Morgan fingerprint density at radius 2 is 1.92 bits per heavy atom. The van der Waals surface area contributed by atoms with E-state index in [-0.39, 0.29) is 5.97 Å². The molecule has 0 aromatic heterocycles. The van der Waals surface area contributed by atoms with Gasteiger partial charge in [0.1, 0.15) is 6.61 Å². The Labute approximate surface area is 75.6 Å². The van der Waals surface area contributed by atoms with Gasteiger partial charge >= 0.3 is 5.97 Å². The fourth-order valence-electron chi connectivity index (χ4n) is 0.912. The first-order valence-corrected chi connectivity index (χ1v) is 7.67. The summed E-state index contributed by atoms with van der Waals surface area (Å²) in [7, 11) is -1.27. The van der Waals surface area contributed by atoms with Crippen LogP contribution < -0.4 is 0 Å². The maximum Gasteiger partial charge on any atom is 0.302 e. The Morgan fingerprint density at radius 3 is 2.17 bits per heavy atom. The third kappa shape index (κ3) is 4.33. The maximum atomic E-state index is 10.6. The topological polar surface area (TPSA) is 26.3 Å². The van der Waals surface area contributed by atoms with E-state index < -0.39 is 8.07 Å². The van der Waals surface area contributed by atoms with Gasteiger partial charge in [-0.05, 0) is 12.1 Å². The fourth-order valence-corrected chi connectivity index (χ4v) is 2.28. The first-order chi connectivity index (χ1) is 5.38. The van der Waals surface area contributed by atoms with Gasteiger partial charge in [-0.1, -0.05) is 25.7 Å². The molecule has 0 saturated carbocycles. The van der Waals surface area contributed by atoms with Crippen LogP contribution in [0.1, 0.15) is 13.8 Å². The average Bonchev–Trinajstić information content (AvgIpc) is 1.85. The monoisotopic (exact) mass is 186 g/mol. The summed E-state index contributed by atoms with van der Waals surface area (Å²) in [5.41, 5.74) is 0. The third-order valence-electron chi connectivity index (χ3n) is 1.74. The molecule has 0 aromatic carbocycles. The summed E-state index contributed by atoms with van der Waals surface area (Å²) >= 11 is 0. The minimum Gasteiger partial charge on any atom is -0.462 e. The standard InChI is InChI=1S/C9H18O2Si/c1-6-9(12(3,4)5)7-11-8(2)10/h6H,7H2,1-5H3. The molecule has 0 N–H and O–H groups in total. The summed E-state index contributed by atoms with van der Waals surface area (Å²) in [6.45, 7) is 10.6. The van der Waals surface area contributed by atoms with E-state index in [2.05, 4.69) is 25.7 Å². The molecule has 0 aromatic rings. The Kier molecular flexibility index (Phi) is 4.24. The highest BCUT2D eigenvalue weighted by Gasteiger charge is 2.19. The third-order valence-corrected chi connectivity index (χ3v) is 4.10. The van der Waals surface area contributed by atoms with Crippen LogP contribution in [0.15, 0.2) is 11.3 Å². The lowest BCUT2D eigenvalue weighted by Gasteiger charge is -2.20. The molecule has 0 amide bonds. The van der Waals surface area contributed by atoms with Crippen LogP contribution >= 0.6 is 0 Å². The van der Waals surface area contributed by atoms with Gasteiger partial charge in [0, 0.05) is 6.92 Å². The molecule has 0 aliphatic heterocycles. The summed E-state index contributed by atoms with van der Waals surface area (Å²) in [6.07, 6.45) is 2.06. The van der Waals surface area contributed by atoms with E-state index >= 15 is 0 Å². The highest BCUT2D eigenvalue weighted by molar-refractivity contribution is 6.83. The van der Waals surface area contributed by atoms with Crippen molar-refractivity contribution in [1.82, 2.24) is 0 Å². The van der Waals surface area contributed by atoms with Crippen molar-refractivity contribution >= 4 is 14.0 Å². The quantitative estimate of drug-likeness (QED) is 0.499.